The summed E-state index contributed by atoms with van der Waals surface area (Å²) in [6.45, 7) is 28.5. The Labute approximate surface area is 472 Å². The molecule has 0 N–H and O–H groups in total. The van der Waals surface area contributed by atoms with E-state index < -0.39 is 22.8 Å². The molecule has 0 aromatic heterocycles. The third-order valence-corrected chi connectivity index (χ3v) is 12.8. The van der Waals surface area contributed by atoms with E-state index in [1.165, 1.54) is 12.1 Å². The Morgan fingerprint density at radius 2 is 0.958 bits per heavy atom. The van der Waals surface area contributed by atoms with Crippen LogP contribution in [-0.2, 0) is 52.9 Å². The number of piperidine rings is 2. The number of benzene rings is 2. The number of carboxylic acid groups (broad SMARTS) is 1. The molecule has 6 rings (SSSR count). The Hall–Kier alpha value is -2.80. The van der Waals surface area contributed by atoms with Gasteiger partial charge in [0.25, 0.3) is 0 Å². The van der Waals surface area contributed by atoms with Gasteiger partial charge >= 0.3 is 75.7 Å². The van der Waals surface area contributed by atoms with Crippen LogP contribution in [0, 0.1) is 17.0 Å². The molecule has 0 bridgehead atoms. The number of hydrogen-bond donors (Lipinski definition) is 0. The van der Waals surface area contributed by atoms with Crippen LogP contribution >= 0.6 is 15.9 Å². The van der Waals surface area contributed by atoms with Gasteiger partial charge in [0, 0.05) is 60.8 Å². The van der Waals surface area contributed by atoms with Gasteiger partial charge < -0.3 is 33.9 Å². The van der Waals surface area contributed by atoms with Crippen molar-refractivity contribution in [1.29, 1.82) is 0 Å². The molecule has 2 spiro atoms. The van der Waals surface area contributed by atoms with E-state index in [0.717, 1.165) is 99.7 Å². The molecule has 4 aliphatic heterocycles. The summed E-state index contributed by atoms with van der Waals surface area (Å²) in [6.07, 6.45) is 8.09. The van der Waals surface area contributed by atoms with E-state index in [9.17, 15) is 33.1 Å². The van der Waals surface area contributed by atoms with Gasteiger partial charge in [0.1, 0.15) is 28.4 Å². The molecular formula is C53H78BrF2KN4O10. The van der Waals surface area contributed by atoms with Crippen molar-refractivity contribution in [1.82, 2.24) is 19.6 Å². The van der Waals surface area contributed by atoms with Crippen molar-refractivity contribution >= 4 is 46.2 Å². The van der Waals surface area contributed by atoms with E-state index in [2.05, 4.69) is 25.7 Å². The molecule has 2 aromatic carbocycles. The normalized spacial score (nSPS) is 17.8. The summed E-state index contributed by atoms with van der Waals surface area (Å²) in [7, 11) is 0. The second-order valence-corrected chi connectivity index (χ2v) is 24.1. The quantitative estimate of drug-likeness (QED) is 0.166. The van der Waals surface area contributed by atoms with Crippen LogP contribution in [0.15, 0.2) is 40.9 Å². The molecule has 2 aromatic rings. The standard InChI is InChI=1S/C26H39FN2O4.C20H28BrFN2O2.C6H12O2.CO2.K/c1-24(2,3)32-22(30)17-19-14-20(16-21(27)15-19)18-29-11-7-8-26(29)9-12-28(13-10-26)23(31)33-25(4,5)6;1-19(2,3)26-18(25)23-9-6-20(7-10-23)5-4-8-24(20)14-15-11-16(21)13-17(22)12-15;1-6(2,3)4-5(7)8;2-1-3;/h14-16H,7-13,17-18H2,1-6H3;11-13H,4-10,14H2,1-3H3;4H2,1-3H3,(H,7,8);;/q;;;;+1/p-1. The van der Waals surface area contributed by atoms with Crippen LogP contribution in [0.5, 0.6) is 0 Å². The van der Waals surface area contributed by atoms with E-state index in [4.69, 9.17) is 23.8 Å². The van der Waals surface area contributed by atoms with Crippen molar-refractivity contribution < 1.29 is 108 Å². The maximum Gasteiger partial charge on any atom is 1.00 e. The fourth-order valence-corrected chi connectivity index (χ4v) is 10.0. The number of hydrogen-bond acceptors (Lipinski definition) is 12. The zero-order valence-corrected chi connectivity index (χ0v) is 49.4. The number of carbonyl (C=O) groups excluding carboxylic acids is 6. The van der Waals surface area contributed by atoms with E-state index in [-0.39, 0.29) is 117 Å². The molecule has 0 atom stereocenters. The molecule has 2 amide bonds. The van der Waals surface area contributed by atoms with Gasteiger partial charge in [0.15, 0.2) is 0 Å². The molecule has 4 fully saturated rings. The van der Waals surface area contributed by atoms with Crippen molar-refractivity contribution in [3.63, 3.8) is 0 Å². The minimum atomic E-state index is -0.975. The second kappa shape index (κ2) is 27.6. The number of halogens is 3. The summed E-state index contributed by atoms with van der Waals surface area (Å²) in [4.78, 5) is 71.7. The maximum absolute atomic E-state index is 14.4. The molecule has 392 valence electrons. The van der Waals surface area contributed by atoms with Crippen LogP contribution in [0.4, 0.5) is 18.4 Å². The first kappa shape index (κ1) is 64.3. The first-order valence-corrected chi connectivity index (χ1v) is 25.1. The molecule has 4 heterocycles. The minimum absolute atomic E-state index is 0. The van der Waals surface area contributed by atoms with Crippen molar-refractivity contribution in [2.24, 2.45) is 5.41 Å². The van der Waals surface area contributed by atoms with Gasteiger partial charge in [-0.25, -0.2) is 18.4 Å². The maximum atomic E-state index is 14.4. The number of aliphatic carboxylic acids is 1. The second-order valence-electron chi connectivity index (χ2n) is 23.1. The first-order valence-electron chi connectivity index (χ1n) is 24.4. The summed E-state index contributed by atoms with van der Waals surface area (Å²) in [5.41, 5.74) is 0.968. The van der Waals surface area contributed by atoms with Gasteiger partial charge in [0.2, 0.25) is 0 Å². The molecule has 0 saturated carbocycles. The number of likely N-dealkylation sites (tertiary alicyclic amines) is 4. The molecule has 4 saturated heterocycles. The van der Waals surface area contributed by atoms with Crippen LogP contribution in [-0.4, -0.2) is 117 Å². The Morgan fingerprint density at radius 1 is 0.592 bits per heavy atom. The van der Waals surface area contributed by atoms with Crippen molar-refractivity contribution in [3.05, 3.63) is 69.2 Å². The van der Waals surface area contributed by atoms with Crippen molar-refractivity contribution in [3.8, 4) is 0 Å². The summed E-state index contributed by atoms with van der Waals surface area (Å²) in [5, 5.41) is 9.90. The van der Waals surface area contributed by atoms with Gasteiger partial charge in [-0.2, -0.15) is 9.59 Å². The molecule has 14 nitrogen and oxygen atoms in total. The van der Waals surface area contributed by atoms with Crippen LogP contribution < -0.4 is 56.5 Å². The Morgan fingerprint density at radius 3 is 1.30 bits per heavy atom. The first-order chi connectivity index (χ1) is 32.2. The van der Waals surface area contributed by atoms with Crippen LogP contribution in [0.2, 0.25) is 0 Å². The van der Waals surface area contributed by atoms with Crippen LogP contribution in [0.3, 0.4) is 0 Å². The monoisotopic (exact) mass is 1090 g/mol. The summed E-state index contributed by atoms with van der Waals surface area (Å²) in [6, 6.07) is 9.97. The molecule has 0 aliphatic carbocycles. The van der Waals surface area contributed by atoms with Crippen molar-refractivity contribution in [2.75, 3.05) is 39.3 Å². The SMILES string of the molecule is CC(C)(C)CC(=O)[O-].CC(C)(C)OC(=O)Cc1cc(F)cc(CN2CCCC23CCN(C(=O)OC(C)(C)C)CC3)c1.CC(C)(C)OC(=O)N1CCC2(CCCN2Cc2cc(F)cc(Br)c2)CC1.O=C=O.[K+]. The van der Waals surface area contributed by atoms with E-state index >= 15 is 0 Å². The Balaban J connectivity index is 0.000000404. The Bertz CT molecular complexity index is 2090. The van der Waals surface area contributed by atoms with Crippen LogP contribution in [0.25, 0.3) is 0 Å². The van der Waals surface area contributed by atoms with Crippen molar-refractivity contribution in [2.45, 2.75) is 188 Å². The fourth-order valence-electron chi connectivity index (χ4n) is 9.51. The molecule has 4 aliphatic rings. The third-order valence-electron chi connectivity index (χ3n) is 12.3. The third kappa shape index (κ3) is 23.1. The molecule has 0 radical (unpaired) electrons. The molecule has 0 unspecified atom stereocenters. The average Bonchev–Trinajstić information content (AvgIpc) is 3.74. The summed E-state index contributed by atoms with van der Waals surface area (Å²) >= 11 is 3.38. The minimum Gasteiger partial charge on any atom is -0.550 e. The Kier molecular flexibility index (Phi) is 25.0. The number of amides is 2. The fraction of sp³-hybridized carbons (Fsp3) is 0.679. The smallest absolute Gasteiger partial charge is 0.550 e. The van der Waals surface area contributed by atoms with E-state index in [1.807, 2.05) is 100 Å². The topological polar surface area (TPSA) is 166 Å². The number of carbonyl (C=O) groups is 4. The van der Waals surface area contributed by atoms with Gasteiger partial charge in [-0.15, -0.1) is 0 Å². The number of carboxylic acids is 1. The predicted octanol–water partition coefficient (Wildman–Crippen LogP) is 6.62. The zero-order valence-electron chi connectivity index (χ0n) is 44.7. The van der Waals surface area contributed by atoms with E-state index in [0.29, 0.717) is 25.2 Å². The molecule has 71 heavy (non-hydrogen) atoms. The van der Waals surface area contributed by atoms with Gasteiger partial charge in [-0.3, -0.25) is 14.6 Å². The number of ether oxygens (including phenoxy) is 3. The van der Waals surface area contributed by atoms with E-state index in [1.54, 1.807) is 17.0 Å². The summed E-state index contributed by atoms with van der Waals surface area (Å²) < 4.78 is 45.3. The average molecular weight is 1090 g/mol. The zero-order chi connectivity index (χ0) is 52.9. The number of rotatable bonds is 7. The number of nitrogens with zero attached hydrogens (tertiary/aromatic N) is 4. The summed E-state index contributed by atoms with van der Waals surface area (Å²) in [5.74, 6) is -1.87. The predicted molar refractivity (Wildman–Crippen MR) is 263 cm³/mol. The largest absolute Gasteiger partial charge is 1.00 e. The number of esters is 1. The van der Waals surface area contributed by atoms with Gasteiger partial charge in [-0.05, 0) is 186 Å². The van der Waals surface area contributed by atoms with Gasteiger partial charge in [-0.1, -0.05) is 42.8 Å². The van der Waals surface area contributed by atoms with Crippen LogP contribution in [0.1, 0.15) is 158 Å². The molecule has 18 heteroatoms. The van der Waals surface area contributed by atoms with Gasteiger partial charge in [0.05, 0.1) is 6.42 Å². The molecular weight excluding hydrogens is 1010 g/mol.